The van der Waals surface area contributed by atoms with E-state index in [0.717, 1.165) is 22.2 Å². The molecule has 0 saturated heterocycles. The molecule has 0 aliphatic heterocycles. The monoisotopic (exact) mass is 460 g/mol. The lowest BCUT2D eigenvalue weighted by molar-refractivity contribution is 0.356. The third kappa shape index (κ3) is 5.62. The van der Waals surface area contributed by atoms with Crippen LogP contribution in [0.25, 0.3) is 10.9 Å². The van der Waals surface area contributed by atoms with Crippen molar-refractivity contribution in [3.05, 3.63) is 66.7 Å². The first-order valence-electron chi connectivity index (χ1n) is 9.00. The van der Waals surface area contributed by atoms with Gasteiger partial charge in [-0.15, -0.1) is 24.8 Å². The number of rotatable bonds is 7. The van der Waals surface area contributed by atoms with Crippen molar-refractivity contribution in [2.24, 2.45) is 0 Å². The molecule has 0 aliphatic carbocycles. The van der Waals surface area contributed by atoms with Crippen LogP contribution in [0.2, 0.25) is 0 Å². The SMILES string of the molecule is COc1cc2nc(Nc3ccncc3)nc(NCc3ccncc3)c2cc1OC.Cl.Cl. The Morgan fingerprint density at radius 1 is 0.806 bits per heavy atom. The Balaban J connectivity index is 0.00000171. The summed E-state index contributed by atoms with van der Waals surface area (Å²) in [5.74, 6) is 2.37. The van der Waals surface area contributed by atoms with Crippen molar-refractivity contribution in [2.75, 3.05) is 24.9 Å². The molecule has 1 aromatic carbocycles. The number of methoxy groups -OCH3 is 2. The van der Waals surface area contributed by atoms with Crippen LogP contribution >= 0.6 is 24.8 Å². The van der Waals surface area contributed by atoms with Gasteiger partial charge < -0.3 is 20.1 Å². The van der Waals surface area contributed by atoms with Crippen LogP contribution in [0.3, 0.4) is 0 Å². The average Bonchev–Trinajstić information content (AvgIpc) is 2.78. The molecule has 0 unspecified atom stereocenters. The minimum Gasteiger partial charge on any atom is -0.493 e. The van der Waals surface area contributed by atoms with Gasteiger partial charge in [0.15, 0.2) is 11.5 Å². The maximum Gasteiger partial charge on any atom is 0.229 e. The average molecular weight is 461 g/mol. The summed E-state index contributed by atoms with van der Waals surface area (Å²) in [4.78, 5) is 17.4. The van der Waals surface area contributed by atoms with E-state index in [1.165, 1.54) is 0 Å². The summed E-state index contributed by atoms with van der Waals surface area (Å²) in [5.41, 5.74) is 2.67. The number of nitrogens with zero attached hydrogens (tertiary/aromatic N) is 4. The highest BCUT2D eigenvalue weighted by atomic mass is 35.5. The first-order valence-corrected chi connectivity index (χ1v) is 9.00. The molecule has 0 atom stereocenters. The van der Waals surface area contributed by atoms with E-state index in [1.54, 1.807) is 39.0 Å². The number of nitrogens with one attached hydrogen (secondary N) is 2. The van der Waals surface area contributed by atoms with E-state index in [4.69, 9.17) is 9.47 Å². The fourth-order valence-corrected chi connectivity index (χ4v) is 2.90. The molecule has 4 rings (SSSR count). The van der Waals surface area contributed by atoms with Crippen LogP contribution < -0.4 is 20.1 Å². The van der Waals surface area contributed by atoms with Gasteiger partial charge in [-0.3, -0.25) is 9.97 Å². The van der Waals surface area contributed by atoms with Crippen molar-refractivity contribution in [3.63, 3.8) is 0 Å². The van der Waals surface area contributed by atoms with E-state index < -0.39 is 0 Å². The Morgan fingerprint density at radius 3 is 2.06 bits per heavy atom. The van der Waals surface area contributed by atoms with Crippen molar-refractivity contribution in [1.29, 1.82) is 0 Å². The molecular formula is C21H22Cl2N6O2. The Kier molecular flexibility index (Phi) is 8.60. The lowest BCUT2D eigenvalue weighted by Gasteiger charge is -2.14. The van der Waals surface area contributed by atoms with Crippen molar-refractivity contribution in [3.8, 4) is 11.5 Å². The van der Waals surface area contributed by atoms with Crippen molar-refractivity contribution >= 4 is 53.2 Å². The van der Waals surface area contributed by atoms with E-state index in [0.29, 0.717) is 29.8 Å². The topological polar surface area (TPSA) is 94.1 Å². The third-order valence-electron chi connectivity index (χ3n) is 4.35. The highest BCUT2D eigenvalue weighted by molar-refractivity contribution is 5.93. The van der Waals surface area contributed by atoms with Crippen LogP contribution in [-0.2, 0) is 6.54 Å². The minimum absolute atomic E-state index is 0. The van der Waals surface area contributed by atoms with Gasteiger partial charge in [0, 0.05) is 48.5 Å². The quantitative estimate of drug-likeness (QED) is 0.411. The second kappa shape index (κ2) is 11.1. The molecule has 0 aliphatic rings. The smallest absolute Gasteiger partial charge is 0.229 e. The van der Waals surface area contributed by atoms with Gasteiger partial charge in [-0.1, -0.05) is 0 Å². The van der Waals surface area contributed by atoms with Crippen LogP contribution in [0.4, 0.5) is 17.5 Å². The summed E-state index contributed by atoms with van der Waals surface area (Å²) < 4.78 is 10.9. The summed E-state index contributed by atoms with van der Waals surface area (Å²) in [7, 11) is 3.21. The maximum atomic E-state index is 5.45. The van der Waals surface area contributed by atoms with Crippen LogP contribution in [0.1, 0.15) is 5.56 Å². The number of anilines is 3. The first-order chi connectivity index (χ1) is 14.3. The summed E-state index contributed by atoms with van der Waals surface area (Å²) in [6.45, 7) is 0.595. The molecule has 0 radical (unpaired) electrons. The van der Waals surface area contributed by atoms with Crippen molar-refractivity contribution < 1.29 is 9.47 Å². The summed E-state index contributed by atoms with van der Waals surface area (Å²) in [6.07, 6.45) is 6.94. The van der Waals surface area contributed by atoms with E-state index in [-0.39, 0.29) is 24.8 Å². The molecule has 8 nitrogen and oxygen atoms in total. The maximum absolute atomic E-state index is 5.45. The number of aromatic nitrogens is 4. The first kappa shape index (κ1) is 23.9. The van der Waals surface area contributed by atoms with Crippen molar-refractivity contribution in [2.45, 2.75) is 6.54 Å². The fourth-order valence-electron chi connectivity index (χ4n) is 2.90. The number of hydrogen-bond donors (Lipinski definition) is 2. The molecule has 10 heteroatoms. The van der Waals surface area contributed by atoms with Crippen LogP contribution in [-0.4, -0.2) is 34.2 Å². The molecule has 31 heavy (non-hydrogen) atoms. The summed E-state index contributed by atoms with van der Waals surface area (Å²) >= 11 is 0. The normalized spacial score (nSPS) is 9.87. The molecule has 3 heterocycles. The predicted molar refractivity (Wildman–Crippen MR) is 126 cm³/mol. The molecule has 0 bridgehead atoms. The standard InChI is InChI=1S/C21H20N6O2.2ClH/c1-28-18-11-16-17(12-19(18)29-2)26-21(25-15-5-9-23-10-6-15)27-20(16)24-13-14-3-7-22-8-4-14;;/h3-12H,13H2,1-2H3,(H2,23,24,25,26,27);2*1H. The van der Waals surface area contributed by atoms with E-state index in [9.17, 15) is 0 Å². The predicted octanol–water partition coefficient (Wildman–Crippen LogP) is 4.64. The molecule has 0 fully saturated rings. The van der Waals surface area contributed by atoms with Gasteiger partial charge in [0.2, 0.25) is 5.95 Å². The molecule has 0 amide bonds. The second-order valence-electron chi connectivity index (χ2n) is 6.19. The Morgan fingerprint density at radius 2 is 1.42 bits per heavy atom. The van der Waals surface area contributed by atoms with Gasteiger partial charge in [0.05, 0.1) is 19.7 Å². The molecule has 0 saturated carbocycles. The zero-order chi connectivity index (χ0) is 20.1. The van der Waals surface area contributed by atoms with Crippen LogP contribution in [0.5, 0.6) is 11.5 Å². The summed E-state index contributed by atoms with van der Waals surface area (Å²) in [6, 6.07) is 11.3. The summed E-state index contributed by atoms with van der Waals surface area (Å²) in [5, 5.41) is 7.44. The van der Waals surface area contributed by atoms with Gasteiger partial charge >= 0.3 is 0 Å². The van der Waals surface area contributed by atoms with Gasteiger partial charge in [0.25, 0.3) is 0 Å². The van der Waals surface area contributed by atoms with E-state index in [1.807, 2.05) is 36.4 Å². The molecule has 2 N–H and O–H groups in total. The Hall–Kier alpha value is -3.36. The molecule has 4 aromatic rings. The zero-order valence-electron chi connectivity index (χ0n) is 16.9. The van der Waals surface area contributed by atoms with Crippen molar-refractivity contribution in [1.82, 2.24) is 19.9 Å². The van der Waals surface area contributed by atoms with Gasteiger partial charge in [-0.2, -0.15) is 4.98 Å². The number of benzene rings is 1. The third-order valence-corrected chi connectivity index (χ3v) is 4.35. The fraction of sp³-hybridized carbons (Fsp3) is 0.143. The van der Waals surface area contributed by atoms with Gasteiger partial charge in [0.1, 0.15) is 5.82 Å². The number of ether oxygens (including phenoxy) is 2. The Labute approximate surface area is 192 Å². The number of fused-ring (bicyclic) bond motifs is 1. The molecule has 0 spiro atoms. The number of pyridine rings is 2. The van der Waals surface area contributed by atoms with E-state index in [2.05, 4.69) is 30.6 Å². The van der Waals surface area contributed by atoms with Gasteiger partial charge in [-0.25, -0.2) is 4.98 Å². The molecular weight excluding hydrogens is 439 g/mol. The lowest BCUT2D eigenvalue weighted by atomic mass is 10.2. The second-order valence-corrected chi connectivity index (χ2v) is 6.19. The van der Waals surface area contributed by atoms with Crippen LogP contribution in [0, 0.1) is 0 Å². The Bertz CT molecular complexity index is 1120. The molecule has 3 aromatic heterocycles. The van der Waals surface area contributed by atoms with Crippen LogP contribution in [0.15, 0.2) is 61.2 Å². The lowest BCUT2D eigenvalue weighted by Crippen LogP contribution is -2.06. The van der Waals surface area contributed by atoms with E-state index >= 15 is 0 Å². The number of hydrogen-bond acceptors (Lipinski definition) is 8. The largest absolute Gasteiger partial charge is 0.493 e. The zero-order valence-corrected chi connectivity index (χ0v) is 18.5. The highest BCUT2D eigenvalue weighted by Gasteiger charge is 2.13. The van der Waals surface area contributed by atoms with Gasteiger partial charge in [-0.05, 0) is 35.9 Å². The molecule has 162 valence electrons. The number of halogens is 2. The highest BCUT2D eigenvalue weighted by Crippen LogP contribution is 2.35. The minimum atomic E-state index is 0.